The molecule has 0 aromatic heterocycles. The molecular weight excluding hydrogens is 279 g/mol. The number of ether oxygens (including phenoxy) is 1. The van der Waals surface area contributed by atoms with Gasteiger partial charge in [0, 0.05) is 36.7 Å². The highest BCUT2D eigenvalue weighted by Crippen LogP contribution is 2.22. The van der Waals surface area contributed by atoms with Gasteiger partial charge in [-0.15, -0.1) is 0 Å². The minimum absolute atomic E-state index is 0.231. The average Bonchev–Trinajstić information content (AvgIpc) is 3.26. The molecule has 1 saturated carbocycles. The lowest BCUT2D eigenvalue weighted by molar-refractivity contribution is -0.0110. The molecule has 1 aromatic rings. The minimum atomic E-state index is -0.231. The van der Waals surface area contributed by atoms with Crippen molar-refractivity contribution in [2.45, 2.75) is 31.5 Å². The van der Waals surface area contributed by atoms with E-state index in [-0.39, 0.29) is 5.82 Å². The number of morpholine rings is 1. The van der Waals surface area contributed by atoms with Gasteiger partial charge in [-0.05, 0) is 36.6 Å². The summed E-state index contributed by atoms with van der Waals surface area (Å²) in [5.41, 5.74) is 0.852. The van der Waals surface area contributed by atoms with Crippen molar-refractivity contribution in [3.05, 3.63) is 34.6 Å². The third-order valence-electron chi connectivity index (χ3n) is 3.95. The van der Waals surface area contributed by atoms with Crippen LogP contribution in [0.25, 0.3) is 0 Å². The zero-order valence-corrected chi connectivity index (χ0v) is 12.2. The van der Waals surface area contributed by atoms with Gasteiger partial charge in [-0.25, -0.2) is 4.39 Å². The van der Waals surface area contributed by atoms with Crippen molar-refractivity contribution in [2.75, 3.05) is 26.3 Å². The number of halogens is 2. The molecule has 1 unspecified atom stereocenters. The van der Waals surface area contributed by atoms with Crippen molar-refractivity contribution >= 4 is 11.6 Å². The summed E-state index contributed by atoms with van der Waals surface area (Å²) in [5.74, 6) is -0.231. The van der Waals surface area contributed by atoms with E-state index in [1.54, 1.807) is 6.07 Å². The second-order valence-electron chi connectivity index (χ2n) is 5.62. The average molecular weight is 299 g/mol. The van der Waals surface area contributed by atoms with Gasteiger partial charge >= 0.3 is 0 Å². The predicted octanol–water partition coefficient (Wildman–Crippen LogP) is 2.43. The fraction of sp³-hybridized carbons (Fsp3) is 0.600. The second-order valence-corrected chi connectivity index (χ2v) is 6.02. The highest BCUT2D eigenvalue weighted by Gasteiger charge is 2.27. The molecule has 20 heavy (non-hydrogen) atoms. The Morgan fingerprint density at radius 2 is 2.25 bits per heavy atom. The highest BCUT2D eigenvalue weighted by molar-refractivity contribution is 6.31. The zero-order valence-electron chi connectivity index (χ0n) is 11.4. The fourth-order valence-corrected chi connectivity index (χ4v) is 2.74. The Hall–Kier alpha value is -0.680. The SMILES string of the molecule is Fc1ccc(Cl)c(CN2CCOCC2CNC2CC2)c1. The van der Waals surface area contributed by atoms with Gasteiger partial charge in [-0.3, -0.25) is 4.90 Å². The van der Waals surface area contributed by atoms with Crippen molar-refractivity contribution in [2.24, 2.45) is 0 Å². The minimum Gasteiger partial charge on any atom is -0.378 e. The molecule has 1 aliphatic carbocycles. The molecule has 5 heteroatoms. The van der Waals surface area contributed by atoms with Gasteiger partial charge in [0.25, 0.3) is 0 Å². The summed E-state index contributed by atoms with van der Waals surface area (Å²) < 4.78 is 18.9. The van der Waals surface area contributed by atoms with Gasteiger partial charge in [0.1, 0.15) is 5.82 Å². The summed E-state index contributed by atoms with van der Waals surface area (Å²) in [4.78, 5) is 2.33. The van der Waals surface area contributed by atoms with E-state index in [1.807, 2.05) is 0 Å². The molecule has 1 heterocycles. The quantitative estimate of drug-likeness (QED) is 0.903. The molecule has 3 rings (SSSR count). The van der Waals surface area contributed by atoms with Crippen LogP contribution in [0.3, 0.4) is 0 Å². The van der Waals surface area contributed by atoms with Gasteiger partial charge in [0.05, 0.1) is 13.2 Å². The van der Waals surface area contributed by atoms with E-state index in [1.165, 1.54) is 25.0 Å². The third kappa shape index (κ3) is 3.70. The molecule has 1 atom stereocenters. The van der Waals surface area contributed by atoms with Crippen molar-refractivity contribution in [3.8, 4) is 0 Å². The smallest absolute Gasteiger partial charge is 0.123 e. The Morgan fingerprint density at radius 1 is 1.40 bits per heavy atom. The fourth-order valence-electron chi connectivity index (χ4n) is 2.56. The number of hydrogen-bond acceptors (Lipinski definition) is 3. The number of nitrogens with one attached hydrogen (secondary N) is 1. The third-order valence-corrected chi connectivity index (χ3v) is 4.32. The molecular formula is C15H20ClFN2O. The second kappa shape index (κ2) is 6.39. The first kappa shape index (κ1) is 14.3. The Labute approximate surface area is 124 Å². The van der Waals surface area contributed by atoms with Gasteiger partial charge in [-0.1, -0.05) is 11.6 Å². The lowest BCUT2D eigenvalue weighted by Crippen LogP contribution is -2.50. The van der Waals surface area contributed by atoms with Crippen molar-refractivity contribution in [1.82, 2.24) is 10.2 Å². The van der Waals surface area contributed by atoms with Crippen molar-refractivity contribution in [3.63, 3.8) is 0 Å². The summed E-state index contributed by atoms with van der Waals surface area (Å²) in [6.45, 7) is 3.93. The maximum Gasteiger partial charge on any atom is 0.123 e. The standard InChI is InChI=1S/C15H20ClFN2O/c16-15-4-1-12(17)7-11(15)9-19-5-6-20-10-14(19)8-18-13-2-3-13/h1,4,7,13-14,18H,2-3,5-6,8-10H2. The van der Waals surface area contributed by atoms with E-state index in [9.17, 15) is 4.39 Å². The van der Waals surface area contributed by atoms with Gasteiger partial charge in [-0.2, -0.15) is 0 Å². The largest absolute Gasteiger partial charge is 0.378 e. The molecule has 1 aliphatic heterocycles. The van der Waals surface area contributed by atoms with E-state index in [2.05, 4.69) is 10.2 Å². The van der Waals surface area contributed by atoms with E-state index < -0.39 is 0 Å². The van der Waals surface area contributed by atoms with Crippen LogP contribution in [0.15, 0.2) is 18.2 Å². The molecule has 1 aromatic carbocycles. The zero-order chi connectivity index (χ0) is 13.9. The highest BCUT2D eigenvalue weighted by atomic mass is 35.5. The van der Waals surface area contributed by atoms with Crippen LogP contribution in [0, 0.1) is 5.82 Å². The first-order chi connectivity index (χ1) is 9.72. The maximum atomic E-state index is 13.3. The Balaban J connectivity index is 1.64. The molecule has 110 valence electrons. The molecule has 2 fully saturated rings. The number of hydrogen-bond donors (Lipinski definition) is 1. The van der Waals surface area contributed by atoms with Crippen LogP contribution in [-0.4, -0.2) is 43.3 Å². The Kier molecular flexibility index (Phi) is 4.56. The first-order valence-corrected chi connectivity index (χ1v) is 7.59. The van der Waals surface area contributed by atoms with Crippen LogP contribution >= 0.6 is 11.6 Å². The van der Waals surface area contributed by atoms with Crippen LogP contribution in [-0.2, 0) is 11.3 Å². The van der Waals surface area contributed by atoms with Crippen LogP contribution in [0.5, 0.6) is 0 Å². The molecule has 3 nitrogen and oxygen atoms in total. The molecule has 0 amide bonds. The monoisotopic (exact) mass is 298 g/mol. The van der Waals surface area contributed by atoms with Crippen LogP contribution in [0.4, 0.5) is 4.39 Å². The first-order valence-electron chi connectivity index (χ1n) is 7.21. The molecule has 0 spiro atoms. The summed E-state index contributed by atoms with van der Waals surface area (Å²) >= 11 is 6.16. The van der Waals surface area contributed by atoms with Crippen LogP contribution in [0.1, 0.15) is 18.4 Å². The predicted molar refractivity (Wildman–Crippen MR) is 77.5 cm³/mol. The Bertz CT molecular complexity index is 467. The van der Waals surface area contributed by atoms with E-state index in [0.717, 1.165) is 31.9 Å². The summed E-state index contributed by atoms with van der Waals surface area (Å²) in [5, 5.41) is 4.17. The topological polar surface area (TPSA) is 24.5 Å². The molecule has 1 N–H and O–H groups in total. The van der Waals surface area contributed by atoms with Crippen LogP contribution in [0.2, 0.25) is 5.02 Å². The van der Waals surface area contributed by atoms with Crippen LogP contribution < -0.4 is 5.32 Å². The van der Waals surface area contributed by atoms with E-state index >= 15 is 0 Å². The van der Waals surface area contributed by atoms with E-state index in [0.29, 0.717) is 23.7 Å². The van der Waals surface area contributed by atoms with Crippen molar-refractivity contribution < 1.29 is 9.13 Å². The summed E-state index contributed by atoms with van der Waals surface area (Å²) in [6, 6.07) is 5.59. The maximum absolute atomic E-state index is 13.3. The normalized spacial score (nSPS) is 24.0. The molecule has 0 radical (unpaired) electrons. The summed E-state index contributed by atoms with van der Waals surface area (Å²) in [6.07, 6.45) is 2.56. The molecule has 0 bridgehead atoms. The van der Waals surface area contributed by atoms with Gasteiger partial charge in [0.2, 0.25) is 0 Å². The number of nitrogens with zero attached hydrogens (tertiary/aromatic N) is 1. The number of benzene rings is 1. The van der Waals surface area contributed by atoms with Gasteiger partial charge in [0.15, 0.2) is 0 Å². The molecule has 2 aliphatic rings. The van der Waals surface area contributed by atoms with E-state index in [4.69, 9.17) is 16.3 Å². The summed E-state index contributed by atoms with van der Waals surface area (Å²) in [7, 11) is 0. The van der Waals surface area contributed by atoms with Crippen molar-refractivity contribution in [1.29, 1.82) is 0 Å². The lowest BCUT2D eigenvalue weighted by Gasteiger charge is -2.36. The molecule has 1 saturated heterocycles. The number of rotatable bonds is 5. The van der Waals surface area contributed by atoms with Gasteiger partial charge < -0.3 is 10.1 Å². The lowest BCUT2D eigenvalue weighted by atomic mass is 10.1. The Morgan fingerprint density at radius 3 is 3.05 bits per heavy atom.